The third-order valence-electron chi connectivity index (χ3n) is 5.80. The van der Waals surface area contributed by atoms with Crippen molar-refractivity contribution in [2.45, 2.75) is 45.2 Å². The third kappa shape index (κ3) is 7.24. The van der Waals surface area contributed by atoms with Crippen molar-refractivity contribution >= 4 is 17.9 Å². The molecule has 1 aromatic rings. The van der Waals surface area contributed by atoms with E-state index >= 15 is 0 Å². The lowest BCUT2D eigenvalue weighted by molar-refractivity contribution is -0.148. The van der Waals surface area contributed by atoms with Gasteiger partial charge in [0.25, 0.3) is 0 Å². The molecular weight excluding hydrogens is 441 g/mol. The largest absolute Gasteiger partial charge is 0.401 e. The van der Waals surface area contributed by atoms with Crippen molar-refractivity contribution in [2.24, 2.45) is 0 Å². The summed E-state index contributed by atoms with van der Waals surface area (Å²) in [5.41, 5.74) is -0.211. The first-order valence-electron chi connectivity index (χ1n) is 11.3. The van der Waals surface area contributed by atoms with Crippen molar-refractivity contribution in [1.82, 2.24) is 24.8 Å². The second kappa shape index (κ2) is 10.2. The van der Waals surface area contributed by atoms with E-state index in [-0.39, 0.29) is 43.7 Å². The molecule has 1 N–H and O–H groups in total. The van der Waals surface area contributed by atoms with Gasteiger partial charge >= 0.3 is 18.2 Å². The van der Waals surface area contributed by atoms with Gasteiger partial charge in [0.1, 0.15) is 5.76 Å². The predicted molar refractivity (Wildman–Crippen MR) is 116 cm³/mol. The van der Waals surface area contributed by atoms with Gasteiger partial charge in [0.15, 0.2) is 5.82 Å². The van der Waals surface area contributed by atoms with Crippen molar-refractivity contribution in [2.75, 3.05) is 64.2 Å². The number of piperazine rings is 1. The number of urea groups is 2. The molecule has 0 aromatic carbocycles. The maximum Gasteiger partial charge on any atom is 0.401 e. The number of nitrogens with one attached hydrogen (secondary N) is 1. The van der Waals surface area contributed by atoms with E-state index < -0.39 is 12.7 Å². The highest BCUT2D eigenvalue weighted by Crippen LogP contribution is 2.24. The summed E-state index contributed by atoms with van der Waals surface area (Å²) >= 11 is 0. The van der Waals surface area contributed by atoms with E-state index in [0.717, 1.165) is 0 Å². The van der Waals surface area contributed by atoms with Crippen molar-refractivity contribution in [3.8, 4) is 0 Å². The molecule has 0 unspecified atom stereocenters. The Kier molecular flexibility index (Phi) is 7.76. The summed E-state index contributed by atoms with van der Waals surface area (Å²) < 4.78 is 43.0. The van der Waals surface area contributed by atoms with Gasteiger partial charge in [-0.25, -0.2) is 9.59 Å². The molecular formula is C21H33F3N6O3. The lowest BCUT2D eigenvalue weighted by Crippen LogP contribution is -2.55. The van der Waals surface area contributed by atoms with Crippen LogP contribution in [-0.2, 0) is 5.41 Å². The first-order chi connectivity index (χ1) is 15.4. The smallest absolute Gasteiger partial charge is 0.359 e. The van der Waals surface area contributed by atoms with Crippen LogP contribution in [0.15, 0.2) is 10.6 Å². The van der Waals surface area contributed by atoms with E-state index in [9.17, 15) is 22.8 Å². The Bertz CT molecular complexity index is 805. The van der Waals surface area contributed by atoms with E-state index in [0.29, 0.717) is 50.6 Å². The van der Waals surface area contributed by atoms with Crippen molar-refractivity contribution < 1.29 is 27.3 Å². The molecule has 0 spiro atoms. The lowest BCUT2D eigenvalue weighted by atomic mass is 9.93. The summed E-state index contributed by atoms with van der Waals surface area (Å²) in [6.45, 7) is 7.99. The van der Waals surface area contributed by atoms with Gasteiger partial charge < -0.3 is 19.2 Å². The highest BCUT2D eigenvalue weighted by atomic mass is 19.4. The minimum Gasteiger partial charge on any atom is -0.359 e. The fraction of sp³-hybridized carbons (Fsp3) is 0.762. The number of anilines is 1. The van der Waals surface area contributed by atoms with E-state index in [1.54, 1.807) is 20.8 Å². The molecule has 0 radical (unpaired) electrons. The van der Waals surface area contributed by atoms with Crippen molar-refractivity contribution in [3.05, 3.63) is 11.8 Å². The second-order valence-electron chi connectivity index (χ2n) is 9.60. The summed E-state index contributed by atoms with van der Waals surface area (Å²) in [6, 6.07) is 1.32. The van der Waals surface area contributed by atoms with Crippen LogP contribution >= 0.6 is 0 Å². The van der Waals surface area contributed by atoms with Crippen LogP contribution in [0.5, 0.6) is 0 Å². The van der Waals surface area contributed by atoms with Crippen LogP contribution in [0.2, 0.25) is 0 Å². The normalized spacial score (nSPS) is 19.3. The standard InChI is InChI=1S/C21H33F3N6O3/c1-20(2,3)16-14-17(26-33-16)25-18(31)28-6-4-8-29(9-5-7-28)19(32)30-12-10-27(11-13-30)15-21(22,23)24/h14H,4-13,15H2,1-3H3,(H,25,26,31). The molecule has 2 saturated heterocycles. The molecule has 33 heavy (non-hydrogen) atoms. The number of alkyl halides is 3. The molecule has 1 aromatic heterocycles. The number of carbonyl (C=O) groups excluding carboxylic acids is 2. The Morgan fingerprint density at radius 2 is 1.48 bits per heavy atom. The maximum absolute atomic E-state index is 12.8. The summed E-state index contributed by atoms with van der Waals surface area (Å²) in [4.78, 5) is 31.9. The molecule has 186 valence electrons. The van der Waals surface area contributed by atoms with Crippen molar-refractivity contribution in [3.63, 3.8) is 0 Å². The zero-order chi connectivity index (χ0) is 24.2. The van der Waals surface area contributed by atoms with Gasteiger partial charge in [-0.05, 0) is 12.8 Å². The molecule has 0 aliphatic carbocycles. The van der Waals surface area contributed by atoms with Crippen LogP contribution in [-0.4, -0.2) is 102 Å². The molecule has 4 amide bonds. The van der Waals surface area contributed by atoms with Crippen LogP contribution in [0, 0.1) is 0 Å². The van der Waals surface area contributed by atoms with Gasteiger partial charge in [-0.3, -0.25) is 10.2 Å². The van der Waals surface area contributed by atoms with Gasteiger partial charge in [0, 0.05) is 63.8 Å². The van der Waals surface area contributed by atoms with E-state index in [2.05, 4.69) is 10.5 Å². The number of rotatable bonds is 2. The van der Waals surface area contributed by atoms with Gasteiger partial charge in [0.05, 0.1) is 6.54 Å². The van der Waals surface area contributed by atoms with Crippen LogP contribution in [0.25, 0.3) is 0 Å². The van der Waals surface area contributed by atoms with Gasteiger partial charge in [-0.15, -0.1) is 0 Å². The fourth-order valence-electron chi connectivity index (χ4n) is 3.95. The number of hydrogen-bond acceptors (Lipinski definition) is 5. The first kappa shape index (κ1) is 25.1. The van der Waals surface area contributed by atoms with E-state index in [4.69, 9.17) is 4.52 Å². The number of hydrogen-bond donors (Lipinski definition) is 1. The quantitative estimate of drug-likeness (QED) is 0.712. The molecule has 3 rings (SSSR count). The Balaban J connectivity index is 1.44. The number of nitrogens with zero attached hydrogens (tertiary/aromatic N) is 5. The van der Waals surface area contributed by atoms with Gasteiger partial charge in [-0.2, -0.15) is 13.2 Å². The van der Waals surface area contributed by atoms with Gasteiger partial charge in [-0.1, -0.05) is 25.9 Å². The summed E-state index contributed by atoms with van der Waals surface area (Å²) in [6.07, 6.45) is -3.01. The average Bonchev–Trinajstić information content (AvgIpc) is 3.16. The average molecular weight is 475 g/mol. The molecule has 2 fully saturated rings. The topological polar surface area (TPSA) is 85.2 Å². The Morgan fingerprint density at radius 1 is 0.939 bits per heavy atom. The number of carbonyl (C=O) groups is 2. The van der Waals surface area contributed by atoms with Gasteiger partial charge in [0.2, 0.25) is 0 Å². The Morgan fingerprint density at radius 3 is 2.00 bits per heavy atom. The Hall–Kier alpha value is -2.50. The maximum atomic E-state index is 12.8. The minimum absolute atomic E-state index is 0.142. The Labute approximate surface area is 191 Å². The van der Waals surface area contributed by atoms with Crippen LogP contribution in [0.3, 0.4) is 0 Å². The number of amides is 4. The fourth-order valence-corrected chi connectivity index (χ4v) is 3.95. The summed E-state index contributed by atoms with van der Waals surface area (Å²) in [5, 5.41) is 6.68. The highest BCUT2D eigenvalue weighted by Gasteiger charge is 2.34. The monoisotopic (exact) mass is 474 g/mol. The first-order valence-corrected chi connectivity index (χ1v) is 11.3. The molecule has 2 aliphatic rings. The minimum atomic E-state index is -4.23. The number of aromatic nitrogens is 1. The molecule has 12 heteroatoms. The zero-order valence-corrected chi connectivity index (χ0v) is 19.5. The third-order valence-corrected chi connectivity index (χ3v) is 5.80. The predicted octanol–water partition coefficient (Wildman–Crippen LogP) is 3.20. The van der Waals surface area contributed by atoms with Crippen LogP contribution in [0.4, 0.5) is 28.6 Å². The van der Waals surface area contributed by atoms with Crippen LogP contribution < -0.4 is 5.32 Å². The lowest BCUT2D eigenvalue weighted by Gasteiger charge is -2.38. The molecule has 0 saturated carbocycles. The van der Waals surface area contributed by atoms with E-state index in [1.807, 2.05) is 20.8 Å². The second-order valence-corrected chi connectivity index (χ2v) is 9.60. The van der Waals surface area contributed by atoms with Crippen molar-refractivity contribution in [1.29, 1.82) is 0 Å². The number of halogens is 3. The van der Waals surface area contributed by atoms with E-state index in [1.165, 1.54) is 4.90 Å². The zero-order valence-electron chi connectivity index (χ0n) is 19.5. The van der Waals surface area contributed by atoms with Crippen LogP contribution in [0.1, 0.15) is 39.4 Å². The SMILES string of the molecule is CC(C)(C)c1cc(NC(=O)N2CCCN(C(=O)N3CCN(CC(F)(F)F)CC3)CCC2)no1. The highest BCUT2D eigenvalue weighted by molar-refractivity contribution is 5.88. The molecule has 9 nitrogen and oxygen atoms in total. The summed E-state index contributed by atoms with van der Waals surface area (Å²) in [7, 11) is 0. The molecule has 2 aliphatic heterocycles. The molecule has 0 bridgehead atoms. The summed E-state index contributed by atoms with van der Waals surface area (Å²) in [5.74, 6) is 1.05. The molecule has 3 heterocycles. The molecule has 0 atom stereocenters.